The maximum absolute atomic E-state index is 11.4. The van der Waals surface area contributed by atoms with E-state index in [0.29, 0.717) is 17.5 Å². The second kappa shape index (κ2) is 7.11. The molecule has 0 saturated carbocycles. The van der Waals surface area contributed by atoms with Gasteiger partial charge in [-0.05, 0) is 13.3 Å². The number of esters is 1. The van der Waals surface area contributed by atoms with Gasteiger partial charge in [0.05, 0.1) is 18.7 Å². The zero-order valence-electron chi connectivity index (χ0n) is 9.99. The minimum Gasteiger partial charge on any atom is -0.466 e. The average molecular weight is 256 g/mol. The van der Waals surface area contributed by atoms with Crippen LogP contribution in [0.1, 0.15) is 26.0 Å². The van der Waals surface area contributed by atoms with Crippen LogP contribution in [0.3, 0.4) is 0 Å². The van der Waals surface area contributed by atoms with Crippen molar-refractivity contribution < 1.29 is 9.53 Å². The van der Waals surface area contributed by atoms with Gasteiger partial charge in [-0.15, -0.1) is 0 Å². The first-order valence-electron chi connectivity index (χ1n) is 5.54. The monoisotopic (exact) mass is 256 g/mol. The highest BCUT2D eigenvalue weighted by atomic mass is 32.2. The maximum Gasteiger partial charge on any atom is 0.311 e. The number of aromatic amines is 1. The predicted octanol–water partition coefficient (Wildman–Crippen LogP) is 1.38. The Kier molecular flexibility index (Phi) is 5.76. The molecule has 1 aromatic rings. The molecule has 1 rings (SSSR count). The lowest BCUT2D eigenvalue weighted by Crippen LogP contribution is -2.14. The van der Waals surface area contributed by atoms with Crippen molar-refractivity contribution in [2.75, 3.05) is 12.4 Å². The van der Waals surface area contributed by atoms with Crippen LogP contribution in [0.4, 0.5) is 0 Å². The van der Waals surface area contributed by atoms with E-state index in [1.54, 1.807) is 6.92 Å². The first-order valence-corrected chi connectivity index (χ1v) is 6.53. The fourth-order valence-electron chi connectivity index (χ4n) is 1.20. The first kappa shape index (κ1) is 13.8. The molecule has 0 unspecified atom stereocenters. The predicted molar refractivity (Wildman–Crippen MR) is 66.2 cm³/mol. The Balaban J connectivity index is 2.75. The van der Waals surface area contributed by atoms with Crippen LogP contribution >= 0.6 is 11.8 Å². The number of ether oxygens (including phenoxy) is 1. The SMILES string of the molecule is CCCSc1nc(CC(=O)OCC)cc(=O)[nH]1. The van der Waals surface area contributed by atoms with E-state index in [4.69, 9.17) is 4.74 Å². The molecule has 0 radical (unpaired) electrons. The third kappa shape index (κ3) is 5.04. The van der Waals surface area contributed by atoms with E-state index in [1.165, 1.54) is 17.8 Å². The zero-order chi connectivity index (χ0) is 12.7. The zero-order valence-corrected chi connectivity index (χ0v) is 10.8. The molecule has 1 aromatic heterocycles. The van der Waals surface area contributed by atoms with Crippen LogP contribution in [-0.4, -0.2) is 28.3 Å². The summed E-state index contributed by atoms with van der Waals surface area (Å²) in [5, 5.41) is 0.554. The Labute approximate surface area is 104 Å². The van der Waals surface area contributed by atoms with E-state index in [9.17, 15) is 9.59 Å². The average Bonchev–Trinajstić information content (AvgIpc) is 2.25. The van der Waals surface area contributed by atoms with Crippen molar-refractivity contribution in [1.82, 2.24) is 9.97 Å². The number of carbonyl (C=O) groups is 1. The molecule has 5 nitrogen and oxygen atoms in total. The fourth-order valence-corrected chi connectivity index (χ4v) is 1.95. The molecule has 0 amide bonds. The summed E-state index contributed by atoms with van der Waals surface area (Å²) in [7, 11) is 0. The molecule has 0 atom stereocenters. The van der Waals surface area contributed by atoms with Crippen LogP contribution < -0.4 is 5.56 Å². The van der Waals surface area contributed by atoms with E-state index in [1.807, 2.05) is 6.92 Å². The Bertz CT molecular complexity index is 431. The molecule has 0 spiro atoms. The molecule has 0 aliphatic carbocycles. The van der Waals surface area contributed by atoms with Gasteiger partial charge < -0.3 is 9.72 Å². The summed E-state index contributed by atoms with van der Waals surface area (Å²) in [6.07, 6.45) is 1.04. The van der Waals surface area contributed by atoms with Crippen molar-refractivity contribution >= 4 is 17.7 Å². The molecule has 6 heteroatoms. The Morgan fingerprint density at radius 3 is 2.94 bits per heavy atom. The molecule has 1 N–H and O–H groups in total. The topological polar surface area (TPSA) is 72.0 Å². The number of hydrogen-bond donors (Lipinski definition) is 1. The van der Waals surface area contributed by atoms with Gasteiger partial charge in [0.2, 0.25) is 0 Å². The molecule has 1 heterocycles. The van der Waals surface area contributed by atoms with Crippen molar-refractivity contribution in [2.45, 2.75) is 31.8 Å². The van der Waals surface area contributed by atoms with E-state index >= 15 is 0 Å². The smallest absolute Gasteiger partial charge is 0.311 e. The second-order valence-electron chi connectivity index (χ2n) is 3.37. The largest absolute Gasteiger partial charge is 0.466 e. The molecule has 94 valence electrons. The summed E-state index contributed by atoms with van der Waals surface area (Å²) >= 11 is 1.47. The van der Waals surface area contributed by atoms with E-state index in [0.717, 1.165) is 12.2 Å². The van der Waals surface area contributed by atoms with E-state index in [-0.39, 0.29) is 17.9 Å². The molecule has 0 bridgehead atoms. The summed E-state index contributed by atoms with van der Waals surface area (Å²) in [5.41, 5.74) is 0.212. The summed E-state index contributed by atoms with van der Waals surface area (Å²) in [6.45, 7) is 4.12. The van der Waals surface area contributed by atoms with Crippen LogP contribution in [0.2, 0.25) is 0 Å². The molecule has 0 fully saturated rings. The van der Waals surface area contributed by atoms with Gasteiger partial charge in [-0.25, -0.2) is 4.98 Å². The number of H-pyrrole nitrogens is 1. The van der Waals surface area contributed by atoms with Crippen LogP contribution in [0.5, 0.6) is 0 Å². The van der Waals surface area contributed by atoms with Crippen molar-refractivity contribution in [3.05, 3.63) is 22.1 Å². The van der Waals surface area contributed by atoms with Gasteiger partial charge in [0, 0.05) is 11.8 Å². The van der Waals surface area contributed by atoms with Crippen LogP contribution in [-0.2, 0) is 16.0 Å². The minimum atomic E-state index is -0.364. The molecule has 0 aliphatic heterocycles. The second-order valence-corrected chi connectivity index (χ2v) is 4.46. The normalized spacial score (nSPS) is 10.2. The third-order valence-corrected chi connectivity index (χ3v) is 2.93. The van der Waals surface area contributed by atoms with Gasteiger partial charge in [0.15, 0.2) is 5.16 Å². The van der Waals surface area contributed by atoms with Crippen LogP contribution in [0.15, 0.2) is 16.0 Å². The summed E-state index contributed by atoms with van der Waals surface area (Å²) in [5.74, 6) is 0.517. The van der Waals surface area contributed by atoms with Gasteiger partial charge in [-0.3, -0.25) is 9.59 Å². The molecular weight excluding hydrogens is 240 g/mol. The lowest BCUT2D eigenvalue weighted by Gasteiger charge is -2.03. The van der Waals surface area contributed by atoms with Crippen LogP contribution in [0.25, 0.3) is 0 Å². The van der Waals surface area contributed by atoms with Crippen molar-refractivity contribution in [3.8, 4) is 0 Å². The molecular formula is C11H16N2O3S. The summed E-state index contributed by atoms with van der Waals surface area (Å²) in [4.78, 5) is 29.5. The van der Waals surface area contributed by atoms with Gasteiger partial charge in [-0.2, -0.15) is 0 Å². The number of carbonyl (C=O) groups excluding carboxylic acids is 1. The molecule has 0 saturated heterocycles. The first-order chi connectivity index (χ1) is 8.15. The number of thioether (sulfide) groups is 1. The third-order valence-electron chi connectivity index (χ3n) is 1.85. The highest BCUT2D eigenvalue weighted by molar-refractivity contribution is 7.99. The van der Waals surface area contributed by atoms with Crippen molar-refractivity contribution in [3.63, 3.8) is 0 Å². The number of nitrogens with zero attached hydrogens (tertiary/aromatic N) is 1. The minimum absolute atomic E-state index is 0.0391. The highest BCUT2D eigenvalue weighted by Crippen LogP contribution is 2.12. The number of rotatable bonds is 6. The lowest BCUT2D eigenvalue weighted by molar-refractivity contribution is -0.142. The van der Waals surface area contributed by atoms with E-state index < -0.39 is 0 Å². The standard InChI is InChI=1S/C11H16N2O3S/c1-3-5-17-11-12-8(6-9(14)13-11)7-10(15)16-4-2/h6H,3-5,7H2,1-2H3,(H,12,13,14). The molecule has 0 aromatic carbocycles. The highest BCUT2D eigenvalue weighted by Gasteiger charge is 2.08. The van der Waals surface area contributed by atoms with Crippen molar-refractivity contribution in [2.24, 2.45) is 0 Å². The number of aromatic nitrogens is 2. The fraction of sp³-hybridized carbons (Fsp3) is 0.545. The number of nitrogens with one attached hydrogen (secondary N) is 1. The Morgan fingerprint density at radius 2 is 2.29 bits per heavy atom. The number of hydrogen-bond acceptors (Lipinski definition) is 5. The molecule has 17 heavy (non-hydrogen) atoms. The van der Waals surface area contributed by atoms with E-state index in [2.05, 4.69) is 9.97 Å². The maximum atomic E-state index is 11.4. The van der Waals surface area contributed by atoms with Gasteiger partial charge >= 0.3 is 5.97 Å². The Morgan fingerprint density at radius 1 is 1.53 bits per heavy atom. The van der Waals surface area contributed by atoms with Crippen LogP contribution in [0, 0.1) is 0 Å². The Hall–Kier alpha value is -1.30. The van der Waals surface area contributed by atoms with Gasteiger partial charge in [-0.1, -0.05) is 18.7 Å². The van der Waals surface area contributed by atoms with Gasteiger partial charge in [0.1, 0.15) is 0 Å². The summed E-state index contributed by atoms with van der Waals surface area (Å²) < 4.78 is 4.81. The lowest BCUT2D eigenvalue weighted by atomic mass is 10.3. The quantitative estimate of drug-likeness (QED) is 0.473. The summed E-state index contributed by atoms with van der Waals surface area (Å²) in [6, 6.07) is 1.33. The van der Waals surface area contributed by atoms with Gasteiger partial charge in [0.25, 0.3) is 5.56 Å². The molecule has 0 aliphatic rings. The van der Waals surface area contributed by atoms with Crippen molar-refractivity contribution in [1.29, 1.82) is 0 Å².